The highest BCUT2D eigenvalue weighted by Crippen LogP contribution is 2.03. The molecule has 0 amide bonds. The van der Waals surface area contributed by atoms with Gasteiger partial charge in [-0.2, -0.15) is 0 Å². The maximum Gasteiger partial charge on any atom is 0.104 e. The molecule has 0 aliphatic carbocycles. The SMILES string of the molecule is CC(O)C[N+](C)(C)C.CCCCCCCC[O-]. The molecule has 0 heterocycles. The number of nitrogens with zero attached hydrogens (tertiary/aromatic N) is 1. The molecule has 0 rings (SSSR count). The van der Waals surface area contributed by atoms with Gasteiger partial charge in [0.25, 0.3) is 0 Å². The number of aliphatic hydroxyl groups excluding tert-OH is 1. The third-order valence-electron chi connectivity index (χ3n) is 2.31. The van der Waals surface area contributed by atoms with Crippen molar-refractivity contribution in [2.75, 3.05) is 34.3 Å². The van der Waals surface area contributed by atoms with Crippen molar-refractivity contribution < 1.29 is 14.7 Å². The third kappa shape index (κ3) is 25.8. The Morgan fingerprint density at radius 3 is 1.76 bits per heavy atom. The van der Waals surface area contributed by atoms with Crippen LogP contribution in [0.25, 0.3) is 0 Å². The molecule has 0 aromatic rings. The molecular weight excluding hydrogens is 214 g/mol. The first-order valence-corrected chi connectivity index (χ1v) is 6.90. The molecular formula is C14H33NO2. The summed E-state index contributed by atoms with van der Waals surface area (Å²) in [5, 5.41) is 18.8. The first-order chi connectivity index (χ1) is 7.83. The van der Waals surface area contributed by atoms with Crippen LogP contribution in [0.1, 0.15) is 52.4 Å². The largest absolute Gasteiger partial charge is 0.854 e. The number of aliphatic hydroxyl groups is 1. The Morgan fingerprint density at radius 2 is 1.47 bits per heavy atom. The van der Waals surface area contributed by atoms with Crippen LogP contribution in [0.4, 0.5) is 0 Å². The zero-order valence-corrected chi connectivity index (χ0v) is 12.5. The second-order valence-electron chi connectivity index (χ2n) is 5.79. The molecule has 1 atom stereocenters. The Kier molecular flexibility index (Phi) is 14.0. The quantitative estimate of drug-likeness (QED) is 0.525. The van der Waals surface area contributed by atoms with Crippen LogP contribution in [-0.4, -0.2) is 50.0 Å². The minimum atomic E-state index is -0.185. The highest BCUT2D eigenvalue weighted by Gasteiger charge is 2.09. The number of hydrogen-bond acceptors (Lipinski definition) is 2. The Labute approximate surface area is 108 Å². The van der Waals surface area contributed by atoms with Crippen LogP contribution in [0.15, 0.2) is 0 Å². The van der Waals surface area contributed by atoms with Crippen LogP contribution in [0.3, 0.4) is 0 Å². The first kappa shape index (κ1) is 19.2. The zero-order chi connectivity index (χ0) is 13.7. The summed E-state index contributed by atoms with van der Waals surface area (Å²) in [4.78, 5) is 0. The third-order valence-corrected chi connectivity index (χ3v) is 2.31. The fraction of sp³-hybridized carbons (Fsp3) is 1.00. The van der Waals surface area contributed by atoms with Crippen LogP contribution in [0.2, 0.25) is 0 Å². The molecule has 1 N–H and O–H groups in total. The van der Waals surface area contributed by atoms with Crippen molar-refractivity contribution in [1.29, 1.82) is 0 Å². The molecule has 3 nitrogen and oxygen atoms in total. The molecule has 0 saturated carbocycles. The molecule has 0 fully saturated rings. The van der Waals surface area contributed by atoms with E-state index < -0.39 is 0 Å². The summed E-state index contributed by atoms with van der Waals surface area (Å²) in [6, 6.07) is 0. The molecule has 0 saturated heterocycles. The lowest BCUT2D eigenvalue weighted by Crippen LogP contribution is -2.40. The van der Waals surface area contributed by atoms with Gasteiger partial charge in [0.2, 0.25) is 0 Å². The van der Waals surface area contributed by atoms with E-state index in [1.165, 1.54) is 25.7 Å². The van der Waals surface area contributed by atoms with Gasteiger partial charge in [0.15, 0.2) is 0 Å². The zero-order valence-electron chi connectivity index (χ0n) is 12.5. The van der Waals surface area contributed by atoms with E-state index in [0.29, 0.717) is 0 Å². The average Bonchev–Trinajstić information content (AvgIpc) is 2.15. The van der Waals surface area contributed by atoms with Gasteiger partial charge in [-0.25, -0.2) is 0 Å². The second kappa shape index (κ2) is 12.3. The summed E-state index contributed by atoms with van der Waals surface area (Å²) in [6.07, 6.45) is 7.03. The van der Waals surface area contributed by atoms with E-state index in [0.717, 1.165) is 23.9 Å². The van der Waals surface area contributed by atoms with E-state index in [1.54, 1.807) is 0 Å². The number of hydrogen-bond donors (Lipinski definition) is 1. The Balaban J connectivity index is 0. The van der Waals surface area contributed by atoms with Crippen LogP contribution >= 0.6 is 0 Å². The normalized spacial score (nSPS) is 12.9. The Morgan fingerprint density at radius 1 is 1.00 bits per heavy atom. The lowest BCUT2D eigenvalue weighted by molar-refractivity contribution is -0.873. The van der Waals surface area contributed by atoms with E-state index >= 15 is 0 Å². The number of rotatable bonds is 8. The molecule has 3 heteroatoms. The van der Waals surface area contributed by atoms with Gasteiger partial charge in [0, 0.05) is 0 Å². The topological polar surface area (TPSA) is 43.3 Å². The summed E-state index contributed by atoms with van der Waals surface area (Å²) in [5.74, 6) is 0. The van der Waals surface area contributed by atoms with Crippen molar-refractivity contribution in [2.45, 2.75) is 58.5 Å². The Bertz CT molecular complexity index is 136. The molecule has 0 aromatic heterocycles. The molecule has 1 unspecified atom stereocenters. The average molecular weight is 247 g/mol. The number of unbranched alkanes of at least 4 members (excludes halogenated alkanes) is 5. The Hall–Kier alpha value is -0.120. The number of likely N-dealkylation sites (N-methyl/N-ethyl adjacent to an activating group) is 1. The van der Waals surface area contributed by atoms with E-state index in [4.69, 9.17) is 5.11 Å². The summed E-state index contributed by atoms with van der Waals surface area (Å²) in [6.45, 7) is 4.95. The molecule has 17 heavy (non-hydrogen) atoms. The van der Waals surface area contributed by atoms with Gasteiger partial charge in [-0.3, -0.25) is 0 Å². The summed E-state index contributed by atoms with van der Waals surface area (Å²) in [5.41, 5.74) is 0. The van der Waals surface area contributed by atoms with Crippen molar-refractivity contribution in [3.8, 4) is 0 Å². The van der Waals surface area contributed by atoms with E-state index in [2.05, 4.69) is 28.1 Å². The van der Waals surface area contributed by atoms with Gasteiger partial charge in [-0.05, 0) is 6.92 Å². The summed E-state index contributed by atoms with van der Waals surface area (Å²) in [7, 11) is 6.19. The van der Waals surface area contributed by atoms with Gasteiger partial charge in [0.05, 0.1) is 21.1 Å². The molecule has 0 aliphatic rings. The van der Waals surface area contributed by atoms with E-state index in [-0.39, 0.29) is 12.7 Å². The van der Waals surface area contributed by atoms with Gasteiger partial charge < -0.3 is 14.7 Å². The minimum absolute atomic E-state index is 0.117. The maximum atomic E-state index is 9.96. The van der Waals surface area contributed by atoms with Crippen molar-refractivity contribution in [3.05, 3.63) is 0 Å². The lowest BCUT2D eigenvalue weighted by atomic mass is 10.1. The molecule has 0 aliphatic heterocycles. The second-order valence-corrected chi connectivity index (χ2v) is 5.79. The van der Waals surface area contributed by atoms with Gasteiger partial charge in [0.1, 0.15) is 12.6 Å². The van der Waals surface area contributed by atoms with Crippen molar-refractivity contribution in [3.63, 3.8) is 0 Å². The van der Waals surface area contributed by atoms with Gasteiger partial charge >= 0.3 is 0 Å². The lowest BCUT2D eigenvalue weighted by Gasteiger charge is -2.24. The molecule has 0 radical (unpaired) electrons. The molecule has 0 aromatic carbocycles. The minimum Gasteiger partial charge on any atom is -0.854 e. The number of quaternary nitrogens is 1. The summed E-state index contributed by atoms with van der Waals surface area (Å²) >= 11 is 0. The summed E-state index contributed by atoms with van der Waals surface area (Å²) < 4.78 is 0.831. The molecule has 0 bridgehead atoms. The predicted molar refractivity (Wildman–Crippen MR) is 72.8 cm³/mol. The highest BCUT2D eigenvalue weighted by atomic mass is 16.3. The van der Waals surface area contributed by atoms with Crippen LogP contribution in [0.5, 0.6) is 0 Å². The van der Waals surface area contributed by atoms with Crippen LogP contribution in [-0.2, 0) is 0 Å². The maximum absolute atomic E-state index is 9.96. The molecule has 106 valence electrons. The molecule has 0 spiro atoms. The predicted octanol–water partition coefficient (Wildman–Crippen LogP) is 1.78. The first-order valence-electron chi connectivity index (χ1n) is 6.90. The van der Waals surface area contributed by atoms with E-state index in [1.807, 2.05) is 6.92 Å². The van der Waals surface area contributed by atoms with Gasteiger partial charge in [-0.15, -0.1) is 6.61 Å². The smallest absolute Gasteiger partial charge is 0.104 e. The van der Waals surface area contributed by atoms with Crippen molar-refractivity contribution in [1.82, 2.24) is 0 Å². The van der Waals surface area contributed by atoms with E-state index in [9.17, 15) is 5.11 Å². The monoisotopic (exact) mass is 247 g/mol. The van der Waals surface area contributed by atoms with Crippen LogP contribution < -0.4 is 5.11 Å². The fourth-order valence-corrected chi connectivity index (χ4v) is 1.68. The standard InChI is InChI=1S/C8H17O.C6H16NO/c1-2-3-4-5-6-7-8-9;1-6(8)5-7(2,3)4/h2-8H2,1H3;6,8H,5H2,1-4H3/q-1;+1. The van der Waals surface area contributed by atoms with Crippen LogP contribution in [0, 0.1) is 0 Å². The van der Waals surface area contributed by atoms with Crippen molar-refractivity contribution in [2.24, 2.45) is 0 Å². The highest BCUT2D eigenvalue weighted by molar-refractivity contribution is 4.41. The fourth-order valence-electron chi connectivity index (χ4n) is 1.68. The van der Waals surface area contributed by atoms with Gasteiger partial charge in [-0.1, -0.05) is 45.4 Å². The van der Waals surface area contributed by atoms with Crippen molar-refractivity contribution >= 4 is 0 Å².